The van der Waals surface area contributed by atoms with Gasteiger partial charge in [-0.1, -0.05) is 0 Å². The zero-order valence-electron chi connectivity index (χ0n) is 12.1. The van der Waals surface area contributed by atoms with Crippen molar-refractivity contribution in [2.75, 3.05) is 6.61 Å². The van der Waals surface area contributed by atoms with E-state index in [0.717, 1.165) is 10.2 Å². The molecule has 0 radical (unpaired) electrons. The fourth-order valence-corrected chi connectivity index (χ4v) is 4.66. The van der Waals surface area contributed by atoms with Crippen LogP contribution in [0.15, 0.2) is 35.1 Å². The van der Waals surface area contributed by atoms with Crippen molar-refractivity contribution in [2.45, 2.75) is 27.0 Å². The summed E-state index contributed by atoms with van der Waals surface area (Å²) in [5.41, 5.74) is 0.718. The first-order valence-electron chi connectivity index (χ1n) is 6.84. The van der Waals surface area contributed by atoms with E-state index in [1.54, 1.807) is 0 Å². The Morgan fingerprint density at radius 2 is 2.00 bits per heavy atom. The minimum atomic E-state index is -0.0805. The molecule has 2 rings (SSSR count). The fourth-order valence-electron chi connectivity index (χ4n) is 1.92. The van der Waals surface area contributed by atoms with Gasteiger partial charge in [0.2, 0.25) is 0 Å². The SMILES string of the molecule is CCOCn1c([Se]c2ccccc2)c(CC)c(=O)[nH]c1=S. The first-order chi connectivity index (χ1) is 10.2. The number of nitrogens with zero attached hydrogens (tertiary/aromatic N) is 1. The van der Waals surface area contributed by atoms with Gasteiger partial charge < -0.3 is 0 Å². The number of benzene rings is 1. The Morgan fingerprint density at radius 1 is 1.29 bits per heavy atom. The molecule has 21 heavy (non-hydrogen) atoms. The number of rotatable bonds is 6. The van der Waals surface area contributed by atoms with Crippen molar-refractivity contribution >= 4 is 36.2 Å². The Morgan fingerprint density at radius 3 is 2.62 bits per heavy atom. The molecule has 6 heteroatoms. The minimum absolute atomic E-state index is 0.0194. The van der Waals surface area contributed by atoms with E-state index in [-0.39, 0.29) is 20.5 Å². The molecule has 2 aromatic rings. The van der Waals surface area contributed by atoms with Gasteiger partial charge in [0.05, 0.1) is 0 Å². The molecule has 1 aromatic carbocycles. The summed E-state index contributed by atoms with van der Waals surface area (Å²) in [6, 6.07) is 10.2. The van der Waals surface area contributed by atoms with Crippen molar-refractivity contribution < 1.29 is 4.74 Å². The van der Waals surface area contributed by atoms with Crippen LogP contribution in [0.5, 0.6) is 0 Å². The molecule has 0 saturated heterocycles. The van der Waals surface area contributed by atoms with Crippen molar-refractivity contribution in [1.29, 1.82) is 0 Å². The summed E-state index contributed by atoms with van der Waals surface area (Å²) in [6.07, 6.45) is 0.682. The Labute approximate surface area is 135 Å². The summed E-state index contributed by atoms with van der Waals surface area (Å²) in [4.78, 5) is 14.9. The molecule has 0 aliphatic carbocycles. The van der Waals surface area contributed by atoms with E-state index in [9.17, 15) is 4.79 Å². The summed E-state index contributed by atoms with van der Waals surface area (Å²) in [5, 5.41) is 0. The van der Waals surface area contributed by atoms with Gasteiger partial charge >= 0.3 is 135 Å². The van der Waals surface area contributed by atoms with Crippen molar-refractivity contribution in [3.05, 3.63) is 51.0 Å². The second kappa shape index (κ2) is 7.71. The van der Waals surface area contributed by atoms with E-state index in [1.165, 1.54) is 4.46 Å². The van der Waals surface area contributed by atoms with Crippen LogP contribution in [0.1, 0.15) is 19.4 Å². The molecule has 0 atom stereocenters. The van der Waals surface area contributed by atoms with E-state index in [0.29, 0.717) is 24.5 Å². The summed E-state index contributed by atoms with van der Waals surface area (Å²) in [5.74, 6) is 0. The molecule has 0 bridgehead atoms. The van der Waals surface area contributed by atoms with Gasteiger partial charge in [-0.2, -0.15) is 0 Å². The quantitative estimate of drug-likeness (QED) is 0.613. The van der Waals surface area contributed by atoms with Gasteiger partial charge in [0.1, 0.15) is 0 Å². The molecule has 0 aliphatic rings. The monoisotopic (exact) mass is 370 g/mol. The molecule has 4 nitrogen and oxygen atoms in total. The van der Waals surface area contributed by atoms with E-state index in [1.807, 2.05) is 36.6 Å². The van der Waals surface area contributed by atoms with Gasteiger partial charge in [-0.15, -0.1) is 0 Å². The Hall–Kier alpha value is -1.20. The third kappa shape index (κ3) is 3.92. The second-order valence-corrected chi connectivity index (χ2v) is 6.98. The average molecular weight is 369 g/mol. The van der Waals surface area contributed by atoms with Crippen LogP contribution in [0.25, 0.3) is 0 Å². The molecular formula is C15H18N2O2SSe. The van der Waals surface area contributed by atoms with Crippen molar-refractivity contribution in [3.63, 3.8) is 0 Å². The van der Waals surface area contributed by atoms with Gasteiger partial charge in [0.25, 0.3) is 0 Å². The van der Waals surface area contributed by atoms with E-state index < -0.39 is 0 Å². The third-order valence-corrected chi connectivity index (χ3v) is 5.75. The van der Waals surface area contributed by atoms with Crippen molar-refractivity contribution in [2.24, 2.45) is 0 Å². The number of hydrogen-bond acceptors (Lipinski definition) is 3. The van der Waals surface area contributed by atoms with Crippen LogP contribution in [0.4, 0.5) is 0 Å². The maximum atomic E-state index is 12.1. The summed E-state index contributed by atoms with van der Waals surface area (Å²) < 4.78 is 10.1. The van der Waals surface area contributed by atoms with E-state index in [4.69, 9.17) is 17.0 Å². The number of nitrogens with one attached hydrogen (secondary N) is 1. The molecule has 1 aromatic heterocycles. The molecule has 0 fully saturated rings. The molecular weight excluding hydrogens is 351 g/mol. The van der Waals surface area contributed by atoms with Crippen molar-refractivity contribution in [3.8, 4) is 0 Å². The normalized spacial score (nSPS) is 10.8. The predicted molar refractivity (Wildman–Crippen MR) is 88.4 cm³/mol. The molecule has 0 saturated carbocycles. The summed E-state index contributed by atoms with van der Waals surface area (Å²) >= 11 is 5.32. The maximum absolute atomic E-state index is 12.1. The number of H-pyrrole nitrogens is 1. The molecule has 0 amide bonds. The second-order valence-electron chi connectivity index (χ2n) is 4.36. The average Bonchev–Trinajstić information content (AvgIpc) is 2.48. The third-order valence-electron chi connectivity index (χ3n) is 2.98. The van der Waals surface area contributed by atoms with Gasteiger partial charge in [-0.3, -0.25) is 0 Å². The molecule has 0 spiro atoms. The number of aromatic nitrogens is 2. The van der Waals surface area contributed by atoms with Crippen LogP contribution >= 0.6 is 12.2 Å². The van der Waals surface area contributed by atoms with Crippen LogP contribution in [-0.4, -0.2) is 31.1 Å². The standard InChI is InChI=1S/C15H18N2O2SSe/c1-3-12-13(18)16-15(20)17(10-19-4-2)14(12)21-11-8-6-5-7-9-11/h5-9H,3-4,10H2,1-2H3,(H,16,18,20). The van der Waals surface area contributed by atoms with Crippen LogP contribution in [-0.2, 0) is 17.9 Å². The van der Waals surface area contributed by atoms with Gasteiger partial charge in [0.15, 0.2) is 0 Å². The predicted octanol–water partition coefficient (Wildman–Crippen LogP) is 1.12. The summed E-state index contributed by atoms with van der Waals surface area (Å²) in [7, 11) is 0. The molecule has 0 unspecified atom stereocenters. The van der Waals surface area contributed by atoms with E-state index in [2.05, 4.69) is 17.1 Å². The fraction of sp³-hybridized carbons (Fsp3) is 0.333. The van der Waals surface area contributed by atoms with Crippen LogP contribution < -0.4 is 14.6 Å². The van der Waals surface area contributed by atoms with Crippen LogP contribution in [0.3, 0.4) is 0 Å². The first kappa shape index (κ1) is 16.2. The van der Waals surface area contributed by atoms with Gasteiger partial charge in [0, 0.05) is 0 Å². The molecule has 1 heterocycles. The van der Waals surface area contributed by atoms with Gasteiger partial charge in [-0.05, 0) is 0 Å². The van der Waals surface area contributed by atoms with E-state index >= 15 is 0 Å². The van der Waals surface area contributed by atoms with Crippen LogP contribution in [0.2, 0.25) is 0 Å². The summed E-state index contributed by atoms with van der Waals surface area (Å²) in [6.45, 7) is 4.92. The Kier molecular flexibility index (Phi) is 5.94. The Bertz CT molecular complexity index is 710. The molecule has 0 aliphatic heterocycles. The number of hydrogen-bond donors (Lipinski definition) is 1. The zero-order valence-corrected chi connectivity index (χ0v) is 14.6. The number of aromatic amines is 1. The topological polar surface area (TPSA) is 47.0 Å². The molecule has 112 valence electrons. The van der Waals surface area contributed by atoms with Crippen molar-refractivity contribution in [1.82, 2.24) is 9.55 Å². The Balaban J connectivity index is 2.53. The molecule has 1 N–H and O–H groups in total. The first-order valence-corrected chi connectivity index (χ1v) is 8.96. The van der Waals surface area contributed by atoms with Crippen LogP contribution in [0, 0.1) is 4.77 Å². The zero-order chi connectivity index (χ0) is 15.2. The van der Waals surface area contributed by atoms with Gasteiger partial charge in [-0.25, -0.2) is 0 Å². The number of ether oxygens (including phenoxy) is 1.